The van der Waals surface area contributed by atoms with E-state index in [2.05, 4.69) is 18.2 Å². The van der Waals surface area contributed by atoms with Crippen LogP contribution in [0.15, 0.2) is 60.7 Å². The molecule has 4 nitrogen and oxygen atoms in total. The van der Waals surface area contributed by atoms with Crippen LogP contribution in [-0.4, -0.2) is 28.2 Å². The average Bonchev–Trinajstić information content (AvgIpc) is 2.72. The summed E-state index contributed by atoms with van der Waals surface area (Å²) in [5, 5.41) is 9.23. The van der Waals surface area contributed by atoms with Crippen molar-refractivity contribution >= 4 is 11.7 Å². The van der Waals surface area contributed by atoms with E-state index >= 15 is 0 Å². The van der Waals surface area contributed by atoms with Crippen LogP contribution in [0.25, 0.3) is 5.57 Å². The average molecular weight is 363 g/mol. The van der Waals surface area contributed by atoms with Gasteiger partial charge in [0.2, 0.25) is 0 Å². The highest BCUT2D eigenvalue weighted by Gasteiger charge is 2.38. The Hall–Kier alpha value is -2.59. The molecule has 4 heteroatoms. The summed E-state index contributed by atoms with van der Waals surface area (Å²) in [6.07, 6.45) is 6.02. The molecular weight excluding hydrogens is 338 g/mol. The molecule has 2 heterocycles. The first-order valence-corrected chi connectivity index (χ1v) is 9.64. The second-order valence-corrected chi connectivity index (χ2v) is 7.35. The van der Waals surface area contributed by atoms with E-state index in [1.165, 1.54) is 11.1 Å². The number of amides is 1. The molecule has 0 aromatic heterocycles. The number of fused-ring (bicyclic) bond motifs is 2. The number of hydrogen-bond donors (Lipinski definition) is 1. The standard InChI is InChI=1S/C23H25NO3/c25-15-17-9-11-19(12-10-17)20-13-21-7-4-8-22(14-20)24(21)23(26)27-16-18-5-2-1-3-6-18/h1-3,5-6,9-13,21-22,25H,4,7-8,14-16H2. The minimum absolute atomic E-state index is 0.0611. The number of carbonyl (C=O) groups is 1. The molecule has 0 spiro atoms. The zero-order valence-corrected chi connectivity index (χ0v) is 15.4. The third-order valence-electron chi connectivity index (χ3n) is 5.56. The molecule has 4 rings (SSSR count). The zero-order chi connectivity index (χ0) is 18.6. The summed E-state index contributed by atoms with van der Waals surface area (Å²) in [5.74, 6) is 0. The van der Waals surface area contributed by atoms with Gasteiger partial charge >= 0.3 is 6.09 Å². The number of aliphatic hydroxyl groups is 1. The first-order chi connectivity index (χ1) is 13.2. The lowest BCUT2D eigenvalue weighted by molar-refractivity contribution is 0.0510. The molecule has 0 aliphatic carbocycles. The Kier molecular flexibility index (Phi) is 5.26. The van der Waals surface area contributed by atoms with E-state index in [1.54, 1.807) is 0 Å². The predicted octanol–water partition coefficient (Wildman–Crippen LogP) is 4.53. The minimum Gasteiger partial charge on any atom is -0.445 e. The van der Waals surface area contributed by atoms with Gasteiger partial charge in [0.05, 0.1) is 12.6 Å². The van der Waals surface area contributed by atoms with Crippen molar-refractivity contribution in [1.82, 2.24) is 4.90 Å². The Morgan fingerprint density at radius 1 is 1.04 bits per heavy atom. The zero-order valence-electron chi connectivity index (χ0n) is 15.4. The van der Waals surface area contributed by atoms with Crippen LogP contribution >= 0.6 is 0 Å². The highest BCUT2D eigenvalue weighted by Crippen LogP contribution is 2.37. The molecule has 1 saturated heterocycles. The first kappa shape index (κ1) is 17.8. The van der Waals surface area contributed by atoms with E-state index in [-0.39, 0.29) is 24.8 Å². The van der Waals surface area contributed by atoms with Crippen LogP contribution in [-0.2, 0) is 18.0 Å². The van der Waals surface area contributed by atoms with Gasteiger partial charge in [0, 0.05) is 6.04 Å². The maximum Gasteiger partial charge on any atom is 0.410 e. The fourth-order valence-corrected chi connectivity index (χ4v) is 4.15. The second kappa shape index (κ2) is 7.97. The van der Waals surface area contributed by atoms with Crippen molar-refractivity contribution < 1.29 is 14.6 Å². The number of aliphatic hydroxyl groups excluding tert-OH is 1. The van der Waals surface area contributed by atoms with Gasteiger partial charge in [-0.25, -0.2) is 4.79 Å². The molecule has 2 aliphatic heterocycles. The molecule has 1 amide bonds. The van der Waals surface area contributed by atoms with Gasteiger partial charge in [0.1, 0.15) is 6.61 Å². The first-order valence-electron chi connectivity index (χ1n) is 9.64. The van der Waals surface area contributed by atoms with Gasteiger partial charge in [-0.05, 0) is 47.9 Å². The van der Waals surface area contributed by atoms with Crippen LogP contribution in [0.4, 0.5) is 4.79 Å². The molecule has 2 bridgehead atoms. The number of benzene rings is 2. The summed E-state index contributed by atoms with van der Waals surface area (Å²) >= 11 is 0. The quantitative estimate of drug-likeness (QED) is 0.868. The third-order valence-corrected chi connectivity index (χ3v) is 5.56. The van der Waals surface area contributed by atoms with Gasteiger partial charge in [0.25, 0.3) is 0 Å². The fraction of sp³-hybridized carbons (Fsp3) is 0.348. The van der Waals surface area contributed by atoms with Crippen molar-refractivity contribution in [2.45, 2.75) is 51.0 Å². The van der Waals surface area contributed by atoms with E-state index in [0.717, 1.165) is 36.8 Å². The highest BCUT2D eigenvalue weighted by atomic mass is 16.6. The maximum absolute atomic E-state index is 12.8. The summed E-state index contributed by atoms with van der Waals surface area (Å²) in [6.45, 7) is 0.375. The Bertz CT molecular complexity index is 813. The SMILES string of the molecule is O=C(OCc1ccccc1)N1C2C=C(c3ccc(CO)cc3)CC1CCC2. The number of piperidine rings is 1. The van der Waals surface area contributed by atoms with Crippen LogP contribution < -0.4 is 0 Å². The molecule has 27 heavy (non-hydrogen) atoms. The van der Waals surface area contributed by atoms with E-state index in [9.17, 15) is 9.90 Å². The van der Waals surface area contributed by atoms with Gasteiger partial charge in [0.15, 0.2) is 0 Å². The number of rotatable bonds is 4. The Morgan fingerprint density at radius 2 is 1.81 bits per heavy atom. The minimum atomic E-state index is -0.209. The van der Waals surface area contributed by atoms with E-state index in [1.807, 2.05) is 47.4 Å². The normalized spacial score (nSPS) is 21.5. The van der Waals surface area contributed by atoms with Crippen molar-refractivity contribution in [3.05, 3.63) is 77.4 Å². The molecule has 2 aliphatic rings. The fourth-order valence-electron chi connectivity index (χ4n) is 4.15. The highest BCUT2D eigenvalue weighted by molar-refractivity contribution is 5.74. The number of carbonyl (C=O) groups excluding carboxylic acids is 1. The largest absolute Gasteiger partial charge is 0.445 e. The van der Waals surface area contributed by atoms with Crippen molar-refractivity contribution in [1.29, 1.82) is 0 Å². The number of nitrogens with zero attached hydrogens (tertiary/aromatic N) is 1. The maximum atomic E-state index is 12.8. The van der Waals surface area contributed by atoms with Gasteiger partial charge in [-0.15, -0.1) is 0 Å². The smallest absolute Gasteiger partial charge is 0.410 e. The van der Waals surface area contributed by atoms with Crippen molar-refractivity contribution in [2.24, 2.45) is 0 Å². The molecule has 2 unspecified atom stereocenters. The molecule has 140 valence electrons. The summed E-state index contributed by atoms with van der Waals surface area (Å²) in [6, 6.07) is 18.2. The molecule has 1 N–H and O–H groups in total. The van der Waals surface area contributed by atoms with Crippen LogP contribution in [0.2, 0.25) is 0 Å². The van der Waals surface area contributed by atoms with Crippen LogP contribution in [0.5, 0.6) is 0 Å². The lowest BCUT2D eigenvalue weighted by Crippen LogP contribution is -2.51. The van der Waals surface area contributed by atoms with Crippen molar-refractivity contribution in [2.75, 3.05) is 0 Å². The van der Waals surface area contributed by atoms with Crippen LogP contribution in [0, 0.1) is 0 Å². The van der Waals surface area contributed by atoms with E-state index < -0.39 is 0 Å². The molecule has 2 atom stereocenters. The second-order valence-electron chi connectivity index (χ2n) is 7.35. The van der Waals surface area contributed by atoms with Crippen molar-refractivity contribution in [3.63, 3.8) is 0 Å². The van der Waals surface area contributed by atoms with Crippen LogP contribution in [0.1, 0.15) is 42.4 Å². The summed E-state index contributed by atoms with van der Waals surface area (Å²) in [7, 11) is 0. The molecule has 1 fully saturated rings. The lowest BCUT2D eigenvalue weighted by Gasteiger charge is -2.44. The summed E-state index contributed by atoms with van der Waals surface area (Å²) in [4.78, 5) is 14.7. The molecule has 2 aromatic rings. The topological polar surface area (TPSA) is 49.8 Å². The third kappa shape index (κ3) is 3.91. The number of ether oxygens (including phenoxy) is 1. The van der Waals surface area contributed by atoms with Gasteiger partial charge in [-0.3, -0.25) is 4.90 Å². The van der Waals surface area contributed by atoms with Gasteiger partial charge in [-0.1, -0.05) is 60.7 Å². The van der Waals surface area contributed by atoms with Crippen molar-refractivity contribution in [3.8, 4) is 0 Å². The number of hydrogen-bond acceptors (Lipinski definition) is 3. The molecule has 2 aromatic carbocycles. The van der Waals surface area contributed by atoms with Crippen LogP contribution in [0.3, 0.4) is 0 Å². The summed E-state index contributed by atoms with van der Waals surface area (Å²) in [5.41, 5.74) is 4.40. The monoisotopic (exact) mass is 363 g/mol. The Morgan fingerprint density at radius 3 is 2.52 bits per heavy atom. The summed E-state index contributed by atoms with van der Waals surface area (Å²) < 4.78 is 5.61. The van der Waals surface area contributed by atoms with E-state index in [0.29, 0.717) is 6.61 Å². The predicted molar refractivity (Wildman–Crippen MR) is 105 cm³/mol. The Labute approximate surface area is 160 Å². The molecule has 0 saturated carbocycles. The molecule has 0 radical (unpaired) electrons. The lowest BCUT2D eigenvalue weighted by atomic mass is 9.83. The van der Waals surface area contributed by atoms with E-state index in [4.69, 9.17) is 4.74 Å². The Balaban J connectivity index is 1.48. The van der Waals surface area contributed by atoms with Gasteiger partial charge in [-0.2, -0.15) is 0 Å². The molecular formula is C23H25NO3. The van der Waals surface area contributed by atoms with Gasteiger partial charge < -0.3 is 9.84 Å².